The maximum Gasteiger partial charge on any atom is 0.162 e. The second-order valence-electron chi connectivity index (χ2n) is 8.37. The van der Waals surface area contributed by atoms with Gasteiger partial charge in [-0.3, -0.25) is 0 Å². The molecule has 4 heteroatoms. The Kier molecular flexibility index (Phi) is 7.57. The molecule has 0 spiro atoms. The Morgan fingerprint density at radius 1 is 1.07 bits per heavy atom. The summed E-state index contributed by atoms with van der Waals surface area (Å²) >= 11 is 0. The molecular formula is C23H32INO2. The van der Waals surface area contributed by atoms with Crippen LogP contribution in [0.25, 0.3) is 0 Å². The zero-order valence-electron chi connectivity index (χ0n) is 17.2. The lowest BCUT2D eigenvalue weighted by Crippen LogP contribution is -3.00. The number of likely N-dealkylation sites (N-methyl/N-ethyl adjacent to an activating group) is 1. The zero-order valence-corrected chi connectivity index (χ0v) is 19.3. The van der Waals surface area contributed by atoms with E-state index in [0.29, 0.717) is 18.6 Å². The van der Waals surface area contributed by atoms with Gasteiger partial charge in [0.1, 0.15) is 12.6 Å². The van der Waals surface area contributed by atoms with Crippen LogP contribution in [0.1, 0.15) is 43.0 Å². The second kappa shape index (κ2) is 9.28. The van der Waals surface area contributed by atoms with Crippen LogP contribution in [0.3, 0.4) is 0 Å². The molecule has 2 aromatic carbocycles. The topological polar surface area (TPSA) is 18.5 Å². The van der Waals surface area contributed by atoms with Crippen LogP contribution in [-0.4, -0.2) is 32.2 Å². The third kappa shape index (κ3) is 5.17. The van der Waals surface area contributed by atoms with Crippen molar-refractivity contribution >= 4 is 0 Å². The number of methoxy groups -OCH3 is 1. The van der Waals surface area contributed by atoms with Gasteiger partial charge in [0.25, 0.3) is 0 Å². The largest absolute Gasteiger partial charge is 1.00 e. The SMILES string of the molecule is COc1cc2c(cc1OCc1ccccc1)C(CC(C)C)[N+](C)(C)CC2.[I-]. The first-order valence-corrected chi connectivity index (χ1v) is 9.61. The van der Waals surface area contributed by atoms with Crippen LogP contribution in [0.2, 0.25) is 0 Å². The summed E-state index contributed by atoms with van der Waals surface area (Å²) in [5.74, 6) is 2.36. The summed E-state index contributed by atoms with van der Waals surface area (Å²) in [4.78, 5) is 0. The molecule has 3 nitrogen and oxygen atoms in total. The van der Waals surface area contributed by atoms with Crippen molar-refractivity contribution in [1.82, 2.24) is 0 Å². The molecule has 148 valence electrons. The molecule has 0 amide bonds. The summed E-state index contributed by atoms with van der Waals surface area (Å²) in [6, 6.07) is 15.2. The van der Waals surface area contributed by atoms with Crippen molar-refractivity contribution in [3.63, 3.8) is 0 Å². The Morgan fingerprint density at radius 2 is 1.78 bits per heavy atom. The summed E-state index contributed by atoms with van der Waals surface area (Å²) in [7, 11) is 6.43. The molecular weight excluding hydrogens is 449 g/mol. The molecule has 1 aliphatic heterocycles. The molecule has 0 aromatic heterocycles. The maximum absolute atomic E-state index is 6.17. The van der Waals surface area contributed by atoms with Crippen molar-refractivity contribution in [2.24, 2.45) is 5.92 Å². The third-order valence-electron chi connectivity index (χ3n) is 5.52. The molecule has 3 rings (SSSR count). The van der Waals surface area contributed by atoms with Crippen LogP contribution >= 0.6 is 0 Å². The molecule has 1 heterocycles. The number of rotatable bonds is 6. The van der Waals surface area contributed by atoms with Crippen LogP contribution in [0.4, 0.5) is 0 Å². The number of fused-ring (bicyclic) bond motifs is 1. The van der Waals surface area contributed by atoms with Crippen molar-refractivity contribution in [3.05, 3.63) is 59.2 Å². The number of halogens is 1. The van der Waals surface area contributed by atoms with Crippen LogP contribution < -0.4 is 33.5 Å². The first-order valence-electron chi connectivity index (χ1n) is 9.61. The number of ether oxygens (including phenoxy) is 2. The summed E-state index contributed by atoms with van der Waals surface area (Å²) in [6.45, 7) is 6.34. The van der Waals surface area contributed by atoms with Gasteiger partial charge in [-0.1, -0.05) is 44.2 Å². The third-order valence-corrected chi connectivity index (χ3v) is 5.52. The molecule has 1 aliphatic rings. The zero-order chi connectivity index (χ0) is 18.7. The van der Waals surface area contributed by atoms with Gasteiger partial charge in [-0.15, -0.1) is 0 Å². The van der Waals surface area contributed by atoms with Gasteiger partial charge in [0.05, 0.1) is 27.7 Å². The first kappa shape index (κ1) is 22.0. The van der Waals surface area contributed by atoms with E-state index in [2.05, 4.69) is 52.2 Å². The quantitative estimate of drug-likeness (QED) is 0.465. The van der Waals surface area contributed by atoms with Crippen LogP contribution in [0.15, 0.2) is 42.5 Å². The highest BCUT2D eigenvalue weighted by Crippen LogP contribution is 2.42. The standard InChI is InChI=1S/C23H32NO2.HI/c1-17(2)13-21-20-15-23(26-16-18-9-7-6-8-10-18)22(25-5)14-19(20)11-12-24(21,3)4;/h6-10,14-15,17,21H,11-13,16H2,1-5H3;1H/q+1;/p-1. The number of hydrogen-bond acceptors (Lipinski definition) is 2. The molecule has 1 unspecified atom stereocenters. The molecule has 0 radical (unpaired) electrons. The fourth-order valence-corrected chi connectivity index (χ4v) is 3.95. The first-order chi connectivity index (χ1) is 12.4. The number of hydrogen-bond donors (Lipinski definition) is 0. The van der Waals surface area contributed by atoms with Crippen molar-refractivity contribution in [1.29, 1.82) is 0 Å². The summed E-state index contributed by atoms with van der Waals surface area (Å²) in [5.41, 5.74) is 4.01. The smallest absolute Gasteiger partial charge is 0.162 e. The Balaban J connectivity index is 0.00000261. The van der Waals surface area contributed by atoms with Gasteiger partial charge in [0.2, 0.25) is 0 Å². The lowest BCUT2D eigenvalue weighted by Gasteiger charge is -2.43. The Bertz CT molecular complexity index is 744. The fourth-order valence-electron chi connectivity index (χ4n) is 3.95. The molecule has 2 aromatic rings. The highest BCUT2D eigenvalue weighted by atomic mass is 127. The van der Waals surface area contributed by atoms with Crippen molar-refractivity contribution < 1.29 is 37.9 Å². The van der Waals surface area contributed by atoms with Gasteiger partial charge >= 0.3 is 0 Å². The van der Waals surface area contributed by atoms with Gasteiger partial charge in [-0.25, -0.2) is 0 Å². The van der Waals surface area contributed by atoms with E-state index in [9.17, 15) is 0 Å². The van der Waals surface area contributed by atoms with Gasteiger partial charge in [0, 0.05) is 18.4 Å². The monoisotopic (exact) mass is 481 g/mol. The van der Waals surface area contributed by atoms with E-state index >= 15 is 0 Å². The average molecular weight is 481 g/mol. The number of nitrogens with zero attached hydrogens (tertiary/aromatic N) is 1. The lowest BCUT2D eigenvalue weighted by molar-refractivity contribution is -0.924. The van der Waals surface area contributed by atoms with E-state index in [1.807, 2.05) is 18.2 Å². The number of benzene rings is 2. The van der Waals surface area contributed by atoms with E-state index in [1.165, 1.54) is 23.1 Å². The van der Waals surface area contributed by atoms with E-state index < -0.39 is 0 Å². The van der Waals surface area contributed by atoms with E-state index in [0.717, 1.165) is 28.9 Å². The Labute approximate surface area is 181 Å². The average Bonchev–Trinajstić information content (AvgIpc) is 2.62. The number of quaternary nitrogens is 1. The summed E-state index contributed by atoms with van der Waals surface area (Å²) in [5, 5.41) is 0. The minimum atomic E-state index is 0. The predicted octanol–water partition coefficient (Wildman–Crippen LogP) is 2.00. The molecule has 1 atom stereocenters. The van der Waals surface area contributed by atoms with Gasteiger partial charge < -0.3 is 37.9 Å². The van der Waals surface area contributed by atoms with E-state index in [4.69, 9.17) is 9.47 Å². The fraction of sp³-hybridized carbons (Fsp3) is 0.478. The Morgan fingerprint density at radius 3 is 2.41 bits per heavy atom. The normalized spacial score (nSPS) is 17.8. The lowest BCUT2D eigenvalue weighted by atomic mass is 9.86. The Hall–Kier alpha value is -1.27. The molecule has 0 saturated heterocycles. The van der Waals surface area contributed by atoms with E-state index in [-0.39, 0.29) is 24.0 Å². The molecule has 0 bridgehead atoms. The van der Waals surface area contributed by atoms with Gasteiger partial charge in [0.15, 0.2) is 11.5 Å². The van der Waals surface area contributed by atoms with Crippen LogP contribution in [-0.2, 0) is 13.0 Å². The summed E-state index contributed by atoms with van der Waals surface area (Å²) < 4.78 is 12.8. The van der Waals surface area contributed by atoms with Gasteiger partial charge in [-0.2, -0.15) is 0 Å². The molecule has 0 fully saturated rings. The van der Waals surface area contributed by atoms with Crippen LogP contribution in [0, 0.1) is 5.92 Å². The highest BCUT2D eigenvalue weighted by molar-refractivity contribution is 5.49. The minimum Gasteiger partial charge on any atom is -1.00 e. The molecule has 0 N–H and O–H groups in total. The van der Waals surface area contributed by atoms with Crippen molar-refractivity contribution in [2.75, 3.05) is 27.7 Å². The van der Waals surface area contributed by atoms with Gasteiger partial charge in [-0.05, 0) is 29.2 Å². The van der Waals surface area contributed by atoms with Crippen molar-refractivity contribution in [2.45, 2.75) is 39.3 Å². The summed E-state index contributed by atoms with van der Waals surface area (Å²) in [6.07, 6.45) is 2.27. The molecule has 0 aliphatic carbocycles. The maximum atomic E-state index is 6.17. The predicted molar refractivity (Wildman–Crippen MR) is 107 cm³/mol. The minimum absolute atomic E-state index is 0. The molecule has 0 saturated carbocycles. The highest BCUT2D eigenvalue weighted by Gasteiger charge is 2.37. The van der Waals surface area contributed by atoms with Crippen LogP contribution in [0.5, 0.6) is 11.5 Å². The molecule has 27 heavy (non-hydrogen) atoms. The second-order valence-corrected chi connectivity index (χ2v) is 8.37. The van der Waals surface area contributed by atoms with Crippen molar-refractivity contribution in [3.8, 4) is 11.5 Å². The van der Waals surface area contributed by atoms with E-state index in [1.54, 1.807) is 7.11 Å².